The SMILES string of the molecule is CC(=O)N(CC(=O)O)CC1CN(C(=O)CC2=CCCCC2)CCO1. The number of aliphatic carboxylic acids is 1. The molecule has 7 heteroatoms. The molecule has 0 saturated carbocycles. The zero-order valence-corrected chi connectivity index (χ0v) is 14.2. The van der Waals surface area contributed by atoms with Crippen LogP contribution in [0, 0.1) is 0 Å². The van der Waals surface area contributed by atoms with Gasteiger partial charge in [0.2, 0.25) is 11.8 Å². The molecule has 1 saturated heterocycles. The summed E-state index contributed by atoms with van der Waals surface area (Å²) in [5, 5.41) is 8.88. The Hall–Kier alpha value is -1.89. The smallest absolute Gasteiger partial charge is 0.323 e. The number of ether oxygens (including phenoxy) is 1. The maximum absolute atomic E-state index is 12.5. The first-order valence-corrected chi connectivity index (χ1v) is 8.50. The molecule has 1 N–H and O–H groups in total. The van der Waals surface area contributed by atoms with Gasteiger partial charge in [0.25, 0.3) is 0 Å². The first-order chi connectivity index (χ1) is 11.5. The van der Waals surface area contributed by atoms with E-state index in [0.717, 1.165) is 19.3 Å². The van der Waals surface area contributed by atoms with Crippen LogP contribution in [0.15, 0.2) is 11.6 Å². The lowest BCUT2D eigenvalue weighted by atomic mass is 9.97. The second-order valence-electron chi connectivity index (χ2n) is 6.41. The quantitative estimate of drug-likeness (QED) is 0.731. The van der Waals surface area contributed by atoms with Crippen LogP contribution in [-0.4, -0.2) is 71.6 Å². The standard InChI is InChI=1S/C17H26N2O5/c1-13(20)19(12-17(22)23)11-15-10-18(7-8-24-15)16(21)9-14-5-3-2-4-6-14/h5,15H,2-4,6-12H2,1H3,(H,22,23). The van der Waals surface area contributed by atoms with Crippen LogP contribution in [0.25, 0.3) is 0 Å². The molecule has 24 heavy (non-hydrogen) atoms. The average Bonchev–Trinajstić information content (AvgIpc) is 2.55. The monoisotopic (exact) mass is 338 g/mol. The topological polar surface area (TPSA) is 87.2 Å². The van der Waals surface area contributed by atoms with Crippen LogP contribution in [-0.2, 0) is 19.1 Å². The Morgan fingerprint density at radius 2 is 2.17 bits per heavy atom. The zero-order chi connectivity index (χ0) is 17.5. The van der Waals surface area contributed by atoms with Crippen molar-refractivity contribution in [2.45, 2.75) is 45.1 Å². The van der Waals surface area contributed by atoms with Crippen LogP contribution in [0.2, 0.25) is 0 Å². The van der Waals surface area contributed by atoms with Gasteiger partial charge in [0.05, 0.1) is 12.7 Å². The Morgan fingerprint density at radius 1 is 1.38 bits per heavy atom. The van der Waals surface area contributed by atoms with Gasteiger partial charge in [-0.2, -0.15) is 0 Å². The van der Waals surface area contributed by atoms with Crippen LogP contribution in [0.5, 0.6) is 0 Å². The summed E-state index contributed by atoms with van der Waals surface area (Å²) in [6.45, 7) is 2.53. The molecule has 2 amide bonds. The number of hydrogen-bond donors (Lipinski definition) is 1. The minimum absolute atomic E-state index is 0.0871. The Balaban J connectivity index is 1.88. The third kappa shape index (κ3) is 5.63. The number of morpholine rings is 1. The number of carbonyl (C=O) groups excluding carboxylic acids is 2. The summed E-state index contributed by atoms with van der Waals surface area (Å²) in [7, 11) is 0. The molecular formula is C17H26N2O5. The van der Waals surface area contributed by atoms with E-state index in [-0.39, 0.29) is 31.0 Å². The fraction of sp³-hybridized carbons (Fsp3) is 0.706. The molecule has 134 valence electrons. The molecule has 7 nitrogen and oxygen atoms in total. The summed E-state index contributed by atoms with van der Waals surface area (Å²) in [6, 6.07) is 0. The molecule has 1 fully saturated rings. The van der Waals surface area contributed by atoms with Crippen molar-refractivity contribution in [1.82, 2.24) is 9.80 Å². The van der Waals surface area contributed by atoms with Crippen molar-refractivity contribution >= 4 is 17.8 Å². The molecule has 0 aromatic carbocycles. The number of carboxylic acid groups (broad SMARTS) is 1. The van der Waals surface area contributed by atoms with Crippen LogP contribution < -0.4 is 0 Å². The van der Waals surface area contributed by atoms with Gasteiger partial charge in [-0.05, 0) is 25.7 Å². The van der Waals surface area contributed by atoms with Crippen LogP contribution in [0.1, 0.15) is 39.0 Å². The van der Waals surface area contributed by atoms with Crippen LogP contribution in [0.3, 0.4) is 0 Å². The average molecular weight is 338 g/mol. The van der Waals surface area contributed by atoms with Crippen LogP contribution in [0.4, 0.5) is 0 Å². The maximum Gasteiger partial charge on any atom is 0.323 e. The van der Waals surface area contributed by atoms with Crippen LogP contribution >= 0.6 is 0 Å². The summed E-state index contributed by atoms with van der Waals surface area (Å²) in [6.07, 6.45) is 6.68. The maximum atomic E-state index is 12.5. The highest BCUT2D eigenvalue weighted by Gasteiger charge is 2.27. The van der Waals surface area contributed by atoms with E-state index in [1.807, 2.05) is 0 Å². The predicted molar refractivity (Wildman–Crippen MR) is 87.4 cm³/mol. The van der Waals surface area contributed by atoms with E-state index in [1.54, 1.807) is 4.90 Å². The highest BCUT2D eigenvalue weighted by atomic mass is 16.5. The molecular weight excluding hydrogens is 312 g/mol. The molecule has 1 unspecified atom stereocenters. The number of nitrogens with zero attached hydrogens (tertiary/aromatic N) is 2. The number of rotatable bonds is 6. The number of carboxylic acids is 1. The molecule has 1 atom stereocenters. The molecule has 2 rings (SSSR count). The van der Waals surface area contributed by atoms with Crippen molar-refractivity contribution in [3.8, 4) is 0 Å². The van der Waals surface area contributed by atoms with Gasteiger partial charge in [-0.3, -0.25) is 14.4 Å². The van der Waals surface area contributed by atoms with Gasteiger partial charge in [0.15, 0.2) is 0 Å². The van der Waals surface area contributed by atoms with Crippen molar-refractivity contribution in [3.63, 3.8) is 0 Å². The van der Waals surface area contributed by atoms with Gasteiger partial charge < -0.3 is 19.6 Å². The van der Waals surface area contributed by atoms with Crippen molar-refractivity contribution in [1.29, 1.82) is 0 Å². The Morgan fingerprint density at radius 3 is 2.79 bits per heavy atom. The first kappa shape index (κ1) is 18.4. The molecule has 2 aliphatic rings. The normalized spacial score (nSPS) is 21.1. The summed E-state index contributed by atoms with van der Waals surface area (Å²) < 4.78 is 5.62. The van der Waals surface area contributed by atoms with Gasteiger partial charge in [0.1, 0.15) is 6.54 Å². The van der Waals surface area contributed by atoms with E-state index < -0.39 is 5.97 Å². The summed E-state index contributed by atoms with van der Waals surface area (Å²) in [4.78, 5) is 37.9. The fourth-order valence-electron chi connectivity index (χ4n) is 3.14. The first-order valence-electron chi connectivity index (χ1n) is 8.50. The largest absolute Gasteiger partial charge is 0.480 e. The molecule has 0 aromatic heterocycles. The zero-order valence-electron chi connectivity index (χ0n) is 14.2. The molecule has 0 spiro atoms. The molecule has 1 aliphatic carbocycles. The van der Waals surface area contributed by atoms with E-state index >= 15 is 0 Å². The Bertz CT molecular complexity index is 517. The lowest BCUT2D eigenvalue weighted by Crippen LogP contribution is -2.51. The second-order valence-corrected chi connectivity index (χ2v) is 6.41. The van der Waals surface area contributed by atoms with Crippen molar-refractivity contribution in [2.75, 3.05) is 32.8 Å². The van der Waals surface area contributed by atoms with Gasteiger partial charge in [-0.1, -0.05) is 11.6 Å². The molecule has 1 aliphatic heterocycles. The number of amides is 2. The van der Waals surface area contributed by atoms with E-state index in [4.69, 9.17) is 9.84 Å². The number of allylic oxidation sites excluding steroid dienone is 1. The lowest BCUT2D eigenvalue weighted by molar-refractivity contribution is -0.147. The molecule has 1 heterocycles. The van der Waals surface area contributed by atoms with Gasteiger partial charge >= 0.3 is 5.97 Å². The fourth-order valence-corrected chi connectivity index (χ4v) is 3.14. The van der Waals surface area contributed by atoms with E-state index in [2.05, 4.69) is 6.08 Å². The van der Waals surface area contributed by atoms with Gasteiger partial charge in [-0.15, -0.1) is 0 Å². The number of hydrogen-bond acceptors (Lipinski definition) is 4. The van der Waals surface area contributed by atoms with Crippen molar-refractivity contribution in [2.24, 2.45) is 0 Å². The van der Waals surface area contributed by atoms with Crippen molar-refractivity contribution < 1.29 is 24.2 Å². The summed E-state index contributed by atoms with van der Waals surface area (Å²) in [5.74, 6) is -1.28. The lowest BCUT2D eigenvalue weighted by Gasteiger charge is -2.35. The summed E-state index contributed by atoms with van der Waals surface area (Å²) >= 11 is 0. The van der Waals surface area contributed by atoms with Crippen molar-refractivity contribution in [3.05, 3.63) is 11.6 Å². The third-order valence-electron chi connectivity index (χ3n) is 4.45. The Labute approximate surface area is 142 Å². The highest BCUT2D eigenvalue weighted by Crippen LogP contribution is 2.21. The Kier molecular flexibility index (Phi) is 6.78. The third-order valence-corrected chi connectivity index (χ3v) is 4.45. The molecule has 0 aromatic rings. The molecule has 0 bridgehead atoms. The molecule has 0 radical (unpaired) electrons. The second kappa shape index (κ2) is 8.82. The van der Waals surface area contributed by atoms with E-state index in [0.29, 0.717) is 26.1 Å². The predicted octanol–water partition coefficient (Wildman–Crippen LogP) is 1.04. The minimum atomic E-state index is -1.06. The van der Waals surface area contributed by atoms with E-state index in [9.17, 15) is 14.4 Å². The minimum Gasteiger partial charge on any atom is -0.480 e. The summed E-state index contributed by atoms with van der Waals surface area (Å²) in [5.41, 5.74) is 1.21. The number of carbonyl (C=O) groups is 3. The van der Waals surface area contributed by atoms with Gasteiger partial charge in [-0.25, -0.2) is 0 Å². The van der Waals surface area contributed by atoms with Gasteiger partial charge in [0, 0.05) is 33.0 Å². The highest BCUT2D eigenvalue weighted by molar-refractivity contribution is 5.80. The van der Waals surface area contributed by atoms with E-state index in [1.165, 1.54) is 23.8 Å².